The zero-order valence-corrected chi connectivity index (χ0v) is 9.65. The van der Waals surface area contributed by atoms with E-state index < -0.39 is 0 Å². The summed E-state index contributed by atoms with van der Waals surface area (Å²) in [5.74, 6) is 1.48. The molecule has 90 valence electrons. The van der Waals surface area contributed by atoms with E-state index in [0.29, 0.717) is 0 Å². The smallest absolute Gasteiger partial charge is 0.143 e. The van der Waals surface area contributed by atoms with Gasteiger partial charge in [-0.05, 0) is 40.8 Å². The van der Waals surface area contributed by atoms with Crippen molar-refractivity contribution in [3.63, 3.8) is 0 Å². The molecule has 0 bridgehead atoms. The molecule has 2 aromatic heterocycles. The zero-order chi connectivity index (χ0) is 12.4. The Hall–Kier alpha value is -2.63. The highest BCUT2D eigenvalue weighted by Crippen LogP contribution is 2.30. The summed E-state index contributed by atoms with van der Waals surface area (Å²) < 4.78 is 12.2. The normalized spacial score (nSPS) is 10.5. The fraction of sp³-hybridized carbons (Fsp3) is 0.0833. The first-order valence-electron chi connectivity index (χ1n) is 5.34. The van der Waals surface area contributed by atoms with Gasteiger partial charge in [0.1, 0.15) is 17.8 Å². The molecule has 0 aliphatic carbocycles. The number of hydrogen-bond donors (Lipinski definition) is 0. The third-order valence-electron chi connectivity index (χ3n) is 2.59. The van der Waals surface area contributed by atoms with Gasteiger partial charge < -0.3 is 9.15 Å². The molecule has 0 aliphatic heterocycles. The Balaban J connectivity index is 2.19. The Morgan fingerprint density at radius 1 is 1.28 bits per heavy atom. The van der Waals surface area contributed by atoms with Gasteiger partial charge in [-0.1, -0.05) is 0 Å². The van der Waals surface area contributed by atoms with Gasteiger partial charge in [-0.25, -0.2) is 0 Å². The molecule has 0 spiro atoms. The Labute approximate surface area is 103 Å². The Kier molecular flexibility index (Phi) is 2.53. The van der Waals surface area contributed by atoms with E-state index >= 15 is 0 Å². The molecule has 0 radical (unpaired) electrons. The highest BCUT2D eigenvalue weighted by Gasteiger charge is 2.11. The molecule has 0 N–H and O–H groups in total. The minimum absolute atomic E-state index is 0.736. The Morgan fingerprint density at radius 3 is 2.89 bits per heavy atom. The first kappa shape index (κ1) is 10.5. The van der Waals surface area contributed by atoms with Crippen molar-refractivity contribution in [2.24, 2.45) is 0 Å². The van der Waals surface area contributed by atoms with Crippen molar-refractivity contribution in [3.8, 4) is 22.8 Å². The molecule has 6 nitrogen and oxygen atoms in total. The number of methoxy groups -OCH3 is 1. The van der Waals surface area contributed by atoms with Crippen molar-refractivity contribution in [1.29, 1.82) is 0 Å². The second kappa shape index (κ2) is 4.33. The summed E-state index contributed by atoms with van der Waals surface area (Å²) in [6.07, 6.45) is 3.16. The summed E-state index contributed by atoms with van der Waals surface area (Å²) in [5.41, 5.74) is 1.70. The van der Waals surface area contributed by atoms with Crippen LogP contribution in [0.4, 0.5) is 0 Å². The van der Waals surface area contributed by atoms with E-state index in [1.807, 2.05) is 30.3 Å². The van der Waals surface area contributed by atoms with E-state index in [-0.39, 0.29) is 0 Å². The van der Waals surface area contributed by atoms with Crippen molar-refractivity contribution in [2.75, 3.05) is 7.11 Å². The summed E-state index contributed by atoms with van der Waals surface area (Å²) in [6.45, 7) is 0. The lowest BCUT2D eigenvalue weighted by Crippen LogP contribution is -1.98. The van der Waals surface area contributed by atoms with Crippen LogP contribution in [-0.4, -0.2) is 27.3 Å². The molecule has 0 aliphatic rings. The van der Waals surface area contributed by atoms with Crippen molar-refractivity contribution in [3.05, 3.63) is 42.9 Å². The zero-order valence-electron chi connectivity index (χ0n) is 9.65. The van der Waals surface area contributed by atoms with Crippen LogP contribution in [0.3, 0.4) is 0 Å². The number of aromatic nitrogens is 4. The standard InChI is InChI=1S/C12H10N4O2/c1-17-9-4-5-11(16-8-13-14-15-16)10(7-9)12-3-2-6-18-12/h2-8H,1H3. The average Bonchev–Trinajstić information content (AvgIpc) is 3.11. The topological polar surface area (TPSA) is 66.0 Å². The summed E-state index contributed by atoms with van der Waals surface area (Å²) >= 11 is 0. The van der Waals surface area contributed by atoms with E-state index in [1.165, 1.54) is 6.33 Å². The summed E-state index contributed by atoms with van der Waals surface area (Å²) in [6, 6.07) is 9.33. The van der Waals surface area contributed by atoms with Gasteiger partial charge in [0.2, 0.25) is 0 Å². The van der Waals surface area contributed by atoms with Crippen molar-refractivity contribution >= 4 is 0 Å². The van der Waals surface area contributed by atoms with Gasteiger partial charge in [-0.15, -0.1) is 5.10 Å². The van der Waals surface area contributed by atoms with Crippen LogP contribution in [0.5, 0.6) is 5.75 Å². The van der Waals surface area contributed by atoms with E-state index in [0.717, 1.165) is 22.8 Å². The molecule has 3 rings (SSSR count). The van der Waals surface area contributed by atoms with E-state index in [9.17, 15) is 0 Å². The molecule has 18 heavy (non-hydrogen) atoms. The first-order chi connectivity index (χ1) is 8.88. The van der Waals surface area contributed by atoms with Crippen molar-refractivity contribution in [1.82, 2.24) is 20.2 Å². The molecule has 2 heterocycles. The van der Waals surface area contributed by atoms with Crippen LogP contribution in [-0.2, 0) is 0 Å². The van der Waals surface area contributed by atoms with Gasteiger partial charge in [0.15, 0.2) is 0 Å². The highest BCUT2D eigenvalue weighted by atomic mass is 16.5. The van der Waals surface area contributed by atoms with Crippen LogP contribution in [0, 0.1) is 0 Å². The van der Waals surface area contributed by atoms with Gasteiger partial charge >= 0.3 is 0 Å². The molecular weight excluding hydrogens is 232 g/mol. The molecule has 1 aromatic carbocycles. The number of hydrogen-bond acceptors (Lipinski definition) is 5. The van der Waals surface area contributed by atoms with Gasteiger partial charge in [0.05, 0.1) is 19.1 Å². The largest absolute Gasteiger partial charge is 0.497 e. The lowest BCUT2D eigenvalue weighted by atomic mass is 10.1. The van der Waals surface area contributed by atoms with Gasteiger partial charge in [-0.2, -0.15) is 4.68 Å². The maximum Gasteiger partial charge on any atom is 0.143 e. The molecule has 0 amide bonds. The maximum atomic E-state index is 5.42. The number of benzene rings is 1. The molecule has 3 aromatic rings. The number of ether oxygens (including phenoxy) is 1. The number of rotatable bonds is 3. The fourth-order valence-corrected chi connectivity index (χ4v) is 1.74. The van der Waals surface area contributed by atoms with E-state index in [2.05, 4.69) is 15.5 Å². The van der Waals surface area contributed by atoms with Crippen LogP contribution in [0.2, 0.25) is 0 Å². The van der Waals surface area contributed by atoms with Crippen molar-refractivity contribution in [2.45, 2.75) is 0 Å². The van der Waals surface area contributed by atoms with Crippen LogP contribution in [0.15, 0.2) is 47.3 Å². The van der Waals surface area contributed by atoms with Crippen LogP contribution >= 0.6 is 0 Å². The summed E-state index contributed by atoms with van der Waals surface area (Å²) in [5, 5.41) is 11.2. The predicted molar refractivity (Wildman–Crippen MR) is 63.4 cm³/mol. The third-order valence-corrected chi connectivity index (χ3v) is 2.59. The molecule has 0 saturated heterocycles. The average molecular weight is 242 g/mol. The third kappa shape index (κ3) is 1.73. The second-order valence-electron chi connectivity index (χ2n) is 3.61. The Bertz CT molecular complexity index is 632. The Morgan fingerprint density at radius 2 is 2.22 bits per heavy atom. The molecule has 6 heteroatoms. The molecule has 0 atom stereocenters. The fourth-order valence-electron chi connectivity index (χ4n) is 1.74. The van der Waals surface area contributed by atoms with Gasteiger partial charge in [0, 0.05) is 5.56 Å². The number of nitrogens with zero attached hydrogens (tertiary/aromatic N) is 4. The molecule has 0 fully saturated rings. The van der Waals surface area contributed by atoms with Gasteiger partial charge in [-0.3, -0.25) is 0 Å². The van der Waals surface area contributed by atoms with Crippen LogP contribution in [0.1, 0.15) is 0 Å². The monoisotopic (exact) mass is 242 g/mol. The van der Waals surface area contributed by atoms with E-state index in [4.69, 9.17) is 9.15 Å². The maximum absolute atomic E-state index is 5.42. The summed E-state index contributed by atoms with van der Waals surface area (Å²) in [4.78, 5) is 0. The van der Waals surface area contributed by atoms with Crippen LogP contribution in [0.25, 0.3) is 17.0 Å². The van der Waals surface area contributed by atoms with E-state index in [1.54, 1.807) is 18.1 Å². The molecule has 0 unspecified atom stereocenters. The lowest BCUT2D eigenvalue weighted by Gasteiger charge is -2.08. The minimum atomic E-state index is 0.736. The summed E-state index contributed by atoms with van der Waals surface area (Å²) in [7, 11) is 1.62. The van der Waals surface area contributed by atoms with Crippen molar-refractivity contribution < 1.29 is 9.15 Å². The number of tetrazole rings is 1. The van der Waals surface area contributed by atoms with Gasteiger partial charge in [0.25, 0.3) is 0 Å². The first-order valence-corrected chi connectivity index (χ1v) is 5.34. The SMILES string of the molecule is COc1ccc(-n2cnnn2)c(-c2ccco2)c1. The quantitative estimate of drug-likeness (QED) is 0.702. The predicted octanol–water partition coefficient (Wildman–Crippen LogP) is 1.93. The molecular formula is C12H10N4O2. The number of furan rings is 1. The minimum Gasteiger partial charge on any atom is -0.497 e. The lowest BCUT2D eigenvalue weighted by molar-refractivity contribution is 0.414. The second-order valence-corrected chi connectivity index (χ2v) is 3.61. The molecule has 0 saturated carbocycles. The highest BCUT2D eigenvalue weighted by molar-refractivity contribution is 5.70. The van der Waals surface area contributed by atoms with Crippen LogP contribution < -0.4 is 4.74 Å².